The van der Waals surface area contributed by atoms with Crippen LogP contribution in [0.2, 0.25) is 0 Å². The molecule has 1 aromatic heterocycles. The topological polar surface area (TPSA) is 57.5 Å². The van der Waals surface area contributed by atoms with Crippen LogP contribution in [0.3, 0.4) is 0 Å². The number of rotatable bonds is 5. The second-order valence-electron chi connectivity index (χ2n) is 6.34. The molecule has 2 heterocycles. The van der Waals surface area contributed by atoms with E-state index in [1.54, 1.807) is 6.07 Å². The van der Waals surface area contributed by atoms with E-state index in [4.69, 9.17) is 4.42 Å². The van der Waals surface area contributed by atoms with Crippen molar-refractivity contribution in [1.82, 2.24) is 4.90 Å². The predicted molar refractivity (Wildman–Crippen MR) is 96.6 cm³/mol. The van der Waals surface area contributed by atoms with Crippen LogP contribution < -0.4 is 10.6 Å². The fraction of sp³-hybridized carbons (Fsp3) is 0.421. The van der Waals surface area contributed by atoms with Crippen molar-refractivity contribution in [1.29, 1.82) is 0 Å². The van der Waals surface area contributed by atoms with Crippen LogP contribution >= 0.6 is 0 Å². The number of carbonyl (C=O) groups is 1. The number of carbonyl (C=O) groups excluding carboxylic acids is 1. The van der Waals surface area contributed by atoms with E-state index in [0.29, 0.717) is 11.8 Å². The third kappa shape index (κ3) is 3.97. The molecular weight excluding hydrogens is 302 g/mol. The Morgan fingerprint density at radius 1 is 1.17 bits per heavy atom. The molecular formula is C19H25N3O2. The van der Waals surface area contributed by atoms with Gasteiger partial charge in [0.05, 0.1) is 11.4 Å². The average molecular weight is 327 g/mol. The van der Waals surface area contributed by atoms with Gasteiger partial charge in [-0.2, -0.15) is 0 Å². The fourth-order valence-electron chi connectivity index (χ4n) is 2.96. The highest BCUT2D eigenvalue weighted by atomic mass is 16.3. The van der Waals surface area contributed by atoms with Gasteiger partial charge in [-0.05, 0) is 57.2 Å². The molecule has 1 aliphatic heterocycles. The van der Waals surface area contributed by atoms with Crippen molar-refractivity contribution in [3.05, 3.63) is 47.9 Å². The minimum atomic E-state index is -0.215. The van der Waals surface area contributed by atoms with Crippen molar-refractivity contribution in [3.8, 4) is 0 Å². The van der Waals surface area contributed by atoms with E-state index >= 15 is 0 Å². The first-order chi connectivity index (χ1) is 11.7. The number of anilines is 2. The third-order valence-electron chi connectivity index (χ3n) is 4.49. The standard InChI is InChI=1S/C19H25N3O2/c1-3-15-8-9-18(24-15)19(23)21-17-7-5-4-6-16(17)20-14-10-12-22(2)13-11-14/h4-9,14,20H,3,10-13H2,1-2H3,(H,21,23). The lowest BCUT2D eigenvalue weighted by Crippen LogP contribution is -2.36. The molecule has 3 rings (SSSR count). The molecule has 0 atom stereocenters. The molecule has 24 heavy (non-hydrogen) atoms. The predicted octanol–water partition coefficient (Wildman–Crippen LogP) is 3.60. The van der Waals surface area contributed by atoms with Gasteiger partial charge in [0.25, 0.3) is 5.91 Å². The van der Waals surface area contributed by atoms with Gasteiger partial charge in [0.2, 0.25) is 0 Å². The highest BCUT2D eigenvalue weighted by Crippen LogP contribution is 2.25. The highest BCUT2D eigenvalue weighted by Gasteiger charge is 2.18. The van der Waals surface area contributed by atoms with Crippen LogP contribution in [0.5, 0.6) is 0 Å². The van der Waals surface area contributed by atoms with E-state index < -0.39 is 0 Å². The largest absolute Gasteiger partial charge is 0.456 e. The zero-order valence-corrected chi connectivity index (χ0v) is 14.3. The normalized spacial score (nSPS) is 16.1. The number of aryl methyl sites for hydroxylation is 1. The lowest BCUT2D eigenvalue weighted by Gasteiger charge is -2.30. The van der Waals surface area contributed by atoms with E-state index in [9.17, 15) is 4.79 Å². The summed E-state index contributed by atoms with van der Waals surface area (Å²) in [6.07, 6.45) is 3.00. The first-order valence-corrected chi connectivity index (χ1v) is 8.60. The van der Waals surface area contributed by atoms with E-state index in [-0.39, 0.29) is 5.91 Å². The molecule has 2 N–H and O–H groups in total. The van der Waals surface area contributed by atoms with Crippen molar-refractivity contribution in [2.45, 2.75) is 32.2 Å². The molecule has 1 fully saturated rings. The smallest absolute Gasteiger partial charge is 0.291 e. The van der Waals surface area contributed by atoms with Crippen LogP contribution in [-0.2, 0) is 6.42 Å². The molecule has 1 aromatic carbocycles. The molecule has 0 bridgehead atoms. The van der Waals surface area contributed by atoms with Gasteiger partial charge < -0.3 is 20.0 Å². The average Bonchev–Trinajstić information content (AvgIpc) is 3.08. The minimum absolute atomic E-state index is 0.215. The summed E-state index contributed by atoms with van der Waals surface area (Å²) < 4.78 is 5.53. The van der Waals surface area contributed by atoms with Gasteiger partial charge in [0.1, 0.15) is 5.76 Å². The van der Waals surface area contributed by atoms with Gasteiger partial charge >= 0.3 is 0 Å². The van der Waals surface area contributed by atoms with Crippen LogP contribution in [0.1, 0.15) is 36.1 Å². The summed E-state index contributed by atoms with van der Waals surface area (Å²) in [4.78, 5) is 14.7. The van der Waals surface area contributed by atoms with E-state index in [1.165, 1.54) is 0 Å². The Kier molecular flexibility index (Phi) is 5.20. The number of hydrogen-bond acceptors (Lipinski definition) is 4. The summed E-state index contributed by atoms with van der Waals surface area (Å²) >= 11 is 0. The highest BCUT2D eigenvalue weighted by molar-refractivity contribution is 6.04. The zero-order valence-electron chi connectivity index (χ0n) is 14.3. The Labute approximate surface area is 143 Å². The second-order valence-corrected chi connectivity index (χ2v) is 6.34. The Morgan fingerprint density at radius 2 is 1.88 bits per heavy atom. The minimum Gasteiger partial charge on any atom is -0.456 e. The number of likely N-dealkylation sites (tertiary alicyclic amines) is 1. The summed E-state index contributed by atoms with van der Waals surface area (Å²) in [7, 11) is 2.15. The Morgan fingerprint density at radius 3 is 2.54 bits per heavy atom. The molecule has 1 aliphatic rings. The van der Waals surface area contributed by atoms with Crippen molar-refractivity contribution in [2.24, 2.45) is 0 Å². The van der Waals surface area contributed by atoms with Gasteiger partial charge in [-0.3, -0.25) is 4.79 Å². The Hall–Kier alpha value is -2.27. The molecule has 1 saturated heterocycles. The van der Waals surface area contributed by atoms with E-state index in [0.717, 1.165) is 49.5 Å². The van der Waals surface area contributed by atoms with E-state index in [1.807, 2.05) is 37.3 Å². The van der Waals surface area contributed by atoms with E-state index in [2.05, 4.69) is 22.6 Å². The number of amides is 1. The number of para-hydroxylation sites is 2. The maximum Gasteiger partial charge on any atom is 0.291 e. The van der Waals surface area contributed by atoms with Crippen molar-refractivity contribution >= 4 is 17.3 Å². The summed E-state index contributed by atoms with van der Waals surface area (Å²) in [5.74, 6) is 0.950. The SMILES string of the molecule is CCc1ccc(C(=O)Nc2ccccc2NC2CCN(C)CC2)o1. The first-order valence-electron chi connectivity index (χ1n) is 8.60. The molecule has 5 heteroatoms. The van der Waals surface area contributed by atoms with Gasteiger partial charge in [0.15, 0.2) is 5.76 Å². The number of nitrogens with zero attached hydrogens (tertiary/aromatic N) is 1. The van der Waals surface area contributed by atoms with Gasteiger partial charge in [0, 0.05) is 12.5 Å². The van der Waals surface area contributed by atoms with Crippen molar-refractivity contribution in [2.75, 3.05) is 30.8 Å². The Balaban J connectivity index is 1.68. The zero-order chi connectivity index (χ0) is 16.9. The van der Waals surface area contributed by atoms with Crippen LogP contribution in [0, 0.1) is 0 Å². The molecule has 5 nitrogen and oxygen atoms in total. The lowest BCUT2D eigenvalue weighted by atomic mass is 10.0. The molecule has 0 saturated carbocycles. The number of hydrogen-bond donors (Lipinski definition) is 2. The summed E-state index contributed by atoms with van der Waals surface area (Å²) in [5.41, 5.74) is 1.75. The maximum atomic E-state index is 12.4. The summed E-state index contributed by atoms with van der Waals surface area (Å²) in [5, 5.41) is 6.53. The van der Waals surface area contributed by atoms with Crippen molar-refractivity contribution < 1.29 is 9.21 Å². The summed E-state index contributed by atoms with van der Waals surface area (Å²) in [6.45, 7) is 4.19. The van der Waals surface area contributed by atoms with Gasteiger partial charge in [-0.1, -0.05) is 19.1 Å². The molecule has 128 valence electrons. The van der Waals surface area contributed by atoms with Gasteiger partial charge in [-0.15, -0.1) is 0 Å². The molecule has 0 unspecified atom stereocenters. The third-order valence-corrected chi connectivity index (χ3v) is 4.49. The Bertz CT molecular complexity index is 687. The molecule has 2 aromatic rings. The van der Waals surface area contributed by atoms with Crippen molar-refractivity contribution in [3.63, 3.8) is 0 Å². The number of nitrogens with one attached hydrogen (secondary N) is 2. The second kappa shape index (κ2) is 7.53. The quantitative estimate of drug-likeness (QED) is 0.881. The molecule has 0 spiro atoms. The van der Waals surface area contributed by atoms with Crippen LogP contribution in [0.15, 0.2) is 40.8 Å². The van der Waals surface area contributed by atoms with Crippen LogP contribution in [-0.4, -0.2) is 37.0 Å². The molecule has 0 radical (unpaired) electrons. The monoisotopic (exact) mass is 327 g/mol. The number of furan rings is 1. The van der Waals surface area contributed by atoms with Gasteiger partial charge in [-0.25, -0.2) is 0 Å². The van der Waals surface area contributed by atoms with Crippen LogP contribution in [0.4, 0.5) is 11.4 Å². The van der Waals surface area contributed by atoms with Crippen LogP contribution in [0.25, 0.3) is 0 Å². The number of benzene rings is 1. The summed E-state index contributed by atoms with van der Waals surface area (Å²) in [6, 6.07) is 11.8. The first kappa shape index (κ1) is 16.6. The maximum absolute atomic E-state index is 12.4. The molecule has 1 amide bonds. The lowest BCUT2D eigenvalue weighted by molar-refractivity contribution is 0.0995. The fourth-order valence-corrected chi connectivity index (χ4v) is 2.96. The number of piperidine rings is 1. The molecule has 0 aliphatic carbocycles.